The Morgan fingerprint density at radius 1 is 1.15 bits per heavy atom. The number of nitrogens with two attached hydrogens (primary N) is 1. The molecule has 3 N–H and O–H groups in total. The predicted octanol–water partition coefficient (Wildman–Crippen LogP) is 3.03. The molecule has 0 saturated heterocycles. The molecule has 1 heterocycles. The minimum absolute atomic E-state index is 0.0888. The largest absolute Gasteiger partial charge is 0.393 e. The van der Waals surface area contributed by atoms with Crippen LogP contribution in [0.25, 0.3) is 11.1 Å². The zero-order chi connectivity index (χ0) is 19.3. The van der Waals surface area contributed by atoms with E-state index in [1.807, 2.05) is 18.2 Å². The molecule has 0 unspecified atom stereocenters. The van der Waals surface area contributed by atoms with Crippen molar-refractivity contribution in [2.75, 3.05) is 0 Å². The summed E-state index contributed by atoms with van der Waals surface area (Å²) in [5.41, 5.74) is 8.06. The number of benzene rings is 1. The molecule has 0 spiro atoms. The number of carbonyl (C=O) groups excluding carboxylic acids is 1. The van der Waals surface area contributed by atoms with Gasteiger partial charge < -0.3 is 15.0 Å². The molecule has 1 aromatic heterocycles. The number of aryl methyl sites for hydroxylation is 1. The third-order valence-electron chi connectivity index (χ3n) is 4.08. The monoisotopic (exact) mass is 355 g/mol. The van der Waals surface area contributed by atoms with Gasteiger partial charge in [0.1, 0.15) is 0 Å². The lowest BCUT2D eigenvalue weighted by atomic mass is 9.86. The first-order valence-electron chi connectivity index (χ1n) is 8.53. The third-order valence-corrected chi connectivity index (χ3v) is 4.08. The minimum atomic E-state index is -0.617. The number of hydrogen-bond donors (Lipinski definition) is 2. The minimum Gasteiger partial charge on any atom is -0.393 e. The molecule has 0 aliphatic carbocycles. The summed E-state index contributed by atoms with van der Waals surface area (Å²) in [5, 5.41) is 6.89. The molecule has 6 nitrogen and oxygen atoms in total. The summed E-state index contributed by atoms with van der Waals surface area (Å²) in [5.74, 6) is -0.568. The molecule has 26 heavy (non-hydrogen) atoms. The van der Waals surface area contributed by atoms with Gasteiger partial charge in [0.05, 0.1) is 0 Å². The highest BCUT2D eigenvalue weighted by Gasteiger charge is 2.13. The Bertz CT molecular complexity index is 846. The Hall–Kier alpha value is -2.89. The summed E-state index contributed by atoms with van der Waals surface area (Å²) in [6.45, 7) is 6.88. The normalized spacial score (nSPS) is 11.2. The zero-order valence-corrected chi connectivity index (χ0v) is 15.4. The van der Waals surface area contributed by atoms with Crippen LogP contribution in [0.5, 0.6) is 0 Å². The van der Waals surface area contributed by atoms with Gasteiger partial charge in [0.25, 0.3) is 11.6 Å². The number of amidine groups is 1. The van der Waals surface area contributed by atoms with Gasteiger partial charge in [0.2, 0.25) is 0 Å². The molecule has 6 heteroatoms. The quantitative estimate of drug-likeness (QED) is 0.489. The Labute approximate surface area is 153 Å². The molecule has 2 rings (SSSR count). The molecule has 138 valence electrons. The fourth-order valence-electron chi connectivity index (χ4n) is 2.60. The van der Waals surface area contributed by atoms with Crippen LogP contribution >= 0.6 is 0 Å². The predicted molar refractivity (Wildman–Crippen MR) is 102 cm³/mol. The van der Waals surface area contributed by atoms with Crippen LogP contribution < -0.4 is 11.3 Å². The first-order valence-corrected chi connectivity index (χ1v) is 8.53. The Kier molecular flexibility index (Phi) is 5.97. The molecule has 0 bridgehead atoms. The summed E-state index contributed by atoms with van der Waals surface area (Å²) in [6, 6.07) is 11.1. The Morgan fingerprint density at radius 2 is 1.81 bits per heavy atom. The van der Waals surface area contributed by atoms with E-state index in [0.717, 1.165) is 11.1 Å². The van der Waals surface area contributed by atoms with Crippen LogP contribution in [0.3, 0.4) is 0 Å². The van der Waals surface area contributed by atoms with Gasteiger partial charge in [-0.05, 0) is 34.6 Å². The summed E-state index contributed by atoms with van der Waals surface area (Å²) in [4.78, 5) is 23.6. The highest BCUT2D eigenvalue weighted by Crippen LogP contribution is 2.25. The maximum Gasteiger partial charge on any atom is 0.313 e. The third kappa shape index (κ3) is 5.31. The van der Waals surface area contributed by atoms with E-state index in [-0.39, 0.29) is 17.4 Å². The number of ether oxygens (including phenoxy) is 1. The van der Waals surface area contributed by atoms with Gasteiger partial charge in [-0.1, -0.05) is 45.0 Å². The SMILES string of the molecule is CC(C)(C)c1ccc(-c2ccn(CCCC(=O)OC(=N)N)c(=O)c2)cc1. The summed E-state index contributed by atoms with van der Waals surface area (Å²) in [7, 11) is 0. The van der Waals surface area contributed by atoms with Crippen molar-refractivity contribution in [1.82, 2.24) is 4.57 Å². The highest BCUT2D eigenvalue weighted by molar-refractivity contribution is 5.84. The number of nitrogens with zero attached hydrogens (tertiary/aromatic N) is 1. The van der Waals surface area contributed by atoms with Crippen LogP contribution in [0.15, 0.2) is 47.4 Å². The van der Waals surface area contributed by atoms with Crippen LogP contribution in [-0.4, -0.2) is 16.6 Å². The van der Waals surface area contributed by atoms with Crippen molar-refractivity contribution in [2.24, 2.45) is 5.73 Å². The van der Waals surface area contributed by atoms with Gasteiger partial charge in [-0.15, -0.1) is 0 Å². The Morgan fingerprint density at radius 3 is 2.35 bits per heavy atom. The van der Waals surface area contributed by atoms with E-state index in [2.05, 4.69) is 37.6 Å². The lowest BCUT2D eigenvalue weighted by Crippen LogP contribution is -2.21. The first-order chi connectivity index (χ1) is 12.2. The van der Waals surface area contributed by atoms with E-state index >= 15 is 0 Å². The van der Waals surface area contributed by atoms with Crippen LogP contribution in [0.2, 0.25) is 0 Å². The number of pyridine rings is 1. The van der Waals surface area contributed by atoms with Gasteiger partial charge >= 0.3 is 5.97 Å². The van der Waals surface area contributed by atoms with E-state index < -0.39 is 12.0 Å². The number of rotatable bonds is 5. The van der Waals surface area contributed by atoms with Crippen LogP contribution in [0.1, 0.15) is 39.2 Å². The second-order valence-electron chi connectivity index (χ2n) is 7.22. The average molecular weight is 355 g/mol. The molecule has 0 saturated carbocycles. The lowest BCUT2D eigenvalue weighted by Gasteiger charge is -2.19. The average Bonchev–Trinajstić information content (AvgIpc) is 2.55. The topological polar surface area (TPSA) is 98.2 Å². The summed E-state index contributed by atoms with van der Waals surface area (Å²) in [6.07, 6.45) is 2.26. The Balaban J connectivity index is 2.04. The molecule has 0 aliphatic rings. The van der Waals surface area contributed by atoms with E-state index in [4.69, 9.17) is 11.1 Å². The fraction of sp³-hybridized carbons (Fsp3) is 0.350. The molecule has 0 radical (unpaired) electrons. The van der Waals surface area contributed by atoms with Gasteiger partial charge in [0, 0.05) is 25.2 Å². The van der Waals surface area contributed by atoms with E-state index in [9.17, 15) is 9.59 Å². The van der Waals surface area contributed by atoms with Crippen molar-refractivity contribution in [2.45, 2.75) is 45.6 Å². The highest BCUT2D eigenvalue weighted by atomic mass is 16.5. The van der Waals surface area contributed by atoms with Crippen molar-refractivity contribution in [3.05, 3.63) is 58.5 Å². The van der Waals surface area contributed by atoms with E-state index in [1.54, 1.807) is 16.8 Å². The van der Waals surface area contributed by atoms with Crippen molar-refractivity contribution in [1.29, 1.82) is 5.41 Å². The van der Waals surface area contributed by atoms with Crippen molar-refractivity contribution >= 4 is 12.0 Å². The van der Waals surface area contributed by atoms with E-state index in [0.29, 0.717) is 13.0 Å². The molecule has 1 aromatic carbocycles. The molecule has 0 fully saturated rings. The number of aromatic nitrogens is 1. The number of hydrogen-bond acceptors (Lipinski definition) is 4. The maximum absolute atomic E-state index is 12.3. The molecule has 0 atom stereocenters. The maximum atomic E-state index is 12.3. The first kappa shape index (κ1) is 19.4. The molecule has 0 aliphatic heterocycles. The van der Waals surface area contributed by atoms with Crippen LogP contribution in [0.4, 0.5) is 0 Å². The molecular formula is C20H25N3O3. The number of carbonyl (C=O) groups is 1. The van der Waals surface area contributed by atoms with E-state index in [1.165, 1.54) is 5.56 Å². The van der Waals surface area contributed by atoms with Crippen LogP contribution in [-0.2, 0) is 21.5 Å². The molecule has 2 aromatic rings. The second-order valence-corrected chi connectivity index (χ2v) is 7.22. The van der Waals surface area contributed by atoms with Crippen LogP contribution in [0, 0.1) is 5.41 Å². The van der Waals surface area contributed by atoms with Gasteiger partial charge in [-0.25, -0.2) is 0 Å². The van der Waals surface area contributed by atoms with Crippen molar-refractivity contribution in [3.63, 3.8) is 0 Å². The summed E-state index contributed by atoms with van der Waals surface area (Å²) < 4.78 is 6.01. The summed E-state index contributed by atoms with van der Waals surface area (Å²) >= 11 is 0. The van der Waals surface area contributed by atoms with Gasteiger partial charge in [0.15, 0.2) is 0 Å². The van der Waals surface area contributed by atoms with Crippen molar-refractivity contribution in [3.8, 4) is 11.1 Å². The number of esters is 1. The molecular weight excluding hydrogens is 330 g/mol. The lowest BCUT2D eigenvalue weighted by molar-refractivity contribution is -0.135. The smallest absolute Gasteiger partial charge is 0.313 e. The number of nitrogens with one attached hydrogen (secondary N) is 1. The van der Waals surface area contributed by atoms with Gasteiger partial charge in [-0.2, -0.15) is 0 Å². The standard InChI is InChI=1S/C20H25N3O3/c1-20(2,3)16-8-6-14(7-9-16)15-10-12-23(17(24)13-15)11-4-5-18(25)26-19(21)22/h6-10,12-13H,4-5,11H2,1-3H3,(H3,21,22). The zero-order valence-electron chi connectivity index (χ0n) is 15.4. The van der Waals surface area contributed by atoms with Gasteiger partial charge in [-0.3, -0.25) is 15.0 Å². The molecule has 0 amide bonds. The fourth-order valence-corrected chi connectivity index (χ4v) is 2.60. The van der Waals surface area contributed by atoms with Crippen molar-refractivity contribution < 1.29 is 9.53 Å². The second kappa shape index (κ2) is 7.99.